The molecule has 1 heterocycles. The Morgan fingerprint density at radius 3 is 2.86 bits per heavy atom. The van der Waals surface area contributed by atoms with Crippen LogP contribution in [0.2, 0.25) is 0 Å². The molecule has 1 aromatic carbocycles. The van der Waals surface area contributed by atoms with E-state index in [4.69, 9.17) is 19.7 Å². The molecule has 0 aliphatic carbocycles. The third-order valence-electron chi connectivity index (χ3n) is 3.02. The molecule has 0 bridgehead atoms. The van der Waals surface area contributed by atoms with E-state index in [-0.39, 0.29) is 6.61 Å². The van der Waals surface area contributed by atoms with Gasteiger partial charge in [-0.05, 0) is 31.0 Å². The fourth-order valence-electron chi connectivity index (χ4n) is 1.97. The lowest BCUT2D eigenvalue weighted by molar-refractivity contribution is 0.239. The minimum Gasteiger partial charge on any atom is -0.497 e. The largest absolute Gasteiger partial charge is 0.497 e. The van der Waals surface area contributed by atoms with Crippen LogP contribution >= 0.6 is 0 Å². The lowest BCUT2D eigenvalue weighted by Gasteiger charge is -2.11. The molecule has 114 valence electrons. The number of ether oxygens (including phenoxy) is 2. The zero-order valence-corrected chi connectivity index (χ0v) is 12.5. The standard InChI is InChI=1S/C15H21N3O3/c1-3-4-14-17-15(21-18-14)10-20-13-9-12(19-2)6-5-11(13)7-8-16/h5-6,9H,3-4,7-8,10,16H2,1-2H3. The molecule has 0 radical (unpaired) electrons. The molecule has 0 aliphatic rings. The maximum Gasteiger partial charge on any atom is 0.264 e. The van der Waals surface area contributed by atoms with E-state index in [9.17, 15) is 0 Å². The van der Waals surface area contributed by atoms with Crippen LogP contribution in [-0.2, 0) is 19.4 Å². The Morgan fingerprint density at radius 2 is 2.14 bits per heavy atom. The summed E-state index contributed by atoms with van der Waals surface area (Å²) in [6.07, 6.45) is 2.53. The highest BCUT2D eigenvalue weighted by Crippen LogP contribution is 2.25. The third-order valence-corrected chi connectivity index (χ3v) is 3.02. The average molecular weight is 291 g/mol. The summed E-state index contributed by atoms with van der Waals surface area (Å²) in [6.45, 7) is 2.87. The minimum atomic E-state index is 0.238. The smallest absolute Gasteiger partial charge is 0.264 e. The topological polar surface area (TPSA) is 83.4 Å². The van der Waals surface area contributed by atoms with Gasteiger partial charge in [-0.15, -0.1) is 0 Å². The molecule has 1 aromatic heterocycles. The Bertz CT molecular complexity index is 569. The molecule has 0 unspecified atom stereocenters. The summed E-state index contributed by atoms with van der Waals surface area (Å²) in [6, 6.07) is 5.69. The van der Waals surface area contributed by atoms with Gasteiger partial charge in [0.1, 0.15) is 11.5 Å². The van der Waals surface area contributed by atoms with Crippen LogP contribution in [0.1, 0.15) is 30.6 Å². The Hall–Kier alpha value is -2.08. The van der Waals surface area contributed by atoms with Crippen LogP contribution in [0.25, 0.3) is 0 Å². The van der Waals surface area contributed by atoms with E-state index in [0.717, 1.165) is 36.3 Å². The predicted octanol–water partition coefficient (Wildman–Crippen LogP) is 2.11. The van der Waals surface area contributed by atoms with Crippen molar-refractivity contribution in [1.82, 2.24) is 10.1 Å². The highest BCUT2D eigenvalue weighted by Gasteiger charge is 2.09. The number of nitrogens with zero attached hydrogens (tertiary/aromatic N) is 2. The first-order valence-corrected chi connectivity index (χ1v) is 7.08. The summed E-state index contributed by atoms with van der Waals surface area (Å²) in [7, 11) is 1.62. The molecule has 0 saturated carbocycles. The first-order valence-electron chi connectivity index (χ1n) is 7.08. The summed E-state index contributed by atoms with van der Waals surface area (Å²) in [5.74, 6) is 2.65. The molecular weight excluding hydrogens is 270 g/mol. The normalized spacial score (nSPS) is 10.6. The van der Waals surface area contributed by atoms with Gasteiger partial charge < -0.3 is 19.7 Å². The van der Waals surface area contributed by atoms with Gasteiger partial charge >= 0.3 is 0 Å². The van der Waals surface area contributed by atoms with E-state index < -0.39 is 0 Å². The van der Waals surface area contributed by atoms with Gasteiger partial charge in [0, 0.05) is 12.5 Å². The van der Waals surface area contributed by atoms with E-state index in [1.807, 2.05) is 18.2 Å². The second-order valence-electron chi connectivity index (χ2n) is 4.66. The van der Waals surface area contributed by atoms with Gasteiger partial charge in [0.2, 0.25) is 0 Å². The second kappa shape index (κ2) is 7.64. The van der Waals surface area contributed by atoms with Crippen LogP contribution in [0.4, 0.5) is 0 Å². The van der Waals surface area contributed by atoms with Gasteiger partial charge in [-0.1, -0.05) is 18.1 Å². The van der Waals surface area contributed by atoms with Crippen molar-refractivity contribution in [2.45, 2.75) is 32.8 Å². The molecule has 21 heavy (non-hydrogen) atoms. The molecule has 2 N–H and O–H groups in total. The molecule has 0 atom stereocenters. The fraction of sp³-hybridized carbons (Fsp3) is 0.467. The van der Waals surface area contributed by atoms with Gasteiger partial charge in [0.05, 0.1) is 7.11 Å². The first-order chi connectivity index (χ1) is 10.3. The van der Waals surface area contributed by atoms with Crippen LogP contribution in [0.3, 0.4) is 0 Å². The lowest BCUT2D eigenvalue weighted by atomic mass is 10.1. The number of methoxy groups -OCH3 is 1. The second-order valence-corrected chi connectivity index (χ2v) is 4.66. The zero-order valence-electron chi connectivity index (χ0n) is 12.5. The van der Waals surface area contributed by atoms with Crippen LogP contribution < -0.4 is 15.2 Å². The minimum absolute atomic E-state index is 0.238. The van der Waals surface area contributed by atoms with Crippen molar-refractivity contribution in [3.8, 4) is 11.5 Å². The molecule has 0 aliphatic heterocycles. The number of aromatic nitrogens is 2. The van der Waals surface area contributed by atoms with Crippen molar-refractivity contribution < 1.29 is 14.0 Å². The van der Waals surface area contributed by atoms with E-state index >= 15 is 0 Å². The van der Waals surface area contributed by atoms with Crippen molar-refractivity contribution in [3.63, 3.8) is 0 Å². The third kappa shape index (κ3) is 4.19. The number of aryl methyl sites for hydroxylation is 1. The maximum absolute atomic E-state index is 5.78. The summed E-state index contributed by atoms with van der Waals surface area (Å²) in [5.41, 5.74) is 6.65. The number of hydrogen-bond donors (Lipinski definition) is 1. The van der Waals surface area contributed by atoms with Crippen LogP contribution in [0.5, 0.6) is 11.5 Å². The lowest BCUT2D eigenvalue weighted by Crippen LogP contribution is -2.06. The van der Waals surface area contributed by atoms with Crippen LogP contribution in [0.15, 0.2) is 22.7 Å². The van der Waals surface area contributed by atoms with Crippen molar-refractivity contribution >= 4 is 0 Å². The molecular formula is C15H21N3O3. The number of benzene rings is 1. The van der Waals surface area contributed by atoms with Gasteiger partial charge in [-0.25, -0.2) is 0 Å². The van der Waals surface area contributed by atoms with Crippen molar-refractivity contribution in [1.29, 1.82) is 0 Å². The average Bonchev–Trinajstić information content (AvgIpc) is 2.94. The Kier molecular flexibility index (Phi) is 5.57. The van der Waals surface area contributed by atoms with Crippen molar-refractivity contribution in [2.24, 2.45) is 5.73 Å². The van der Waals surface area contributed by atoms with Gasteiger partial charge in [-0.3, -0.25) is 0 Å². The zero-order chi connectivity index (χ0) is 15.1. The van der Waals surface area contributed by atoms with E-state index in [1.54, 1.807) is 7.11 Å². The quantitative estimate of drug-likeness (QED) is 0.802. The fourth-order valence-corrected chi connectivity index (χ4v) is 1.97. The Morgan fingerprint density at radius 1 is 1.29 bits per heavy atom. The molecule has 0 amide bonds. The summed E-state index contributed by atoms with van der Waals surface area (Å²) >= 11 is 0. The molecule has 2 rings (SSSR count). The summed E-state index contributed by atoms with van der Waals surface area (Å²) < 4.78 is 16.1. The first kappa shape index (κ1) is 15.3. The van der Waals surface area contributed by atoms with Crippen LogP contribution in [0, 0.1) is 0 Å². The van der Waals surface area contributed by atoms with Crippen molar-refractivity contribution in [2.75, 3.05) is 13.7 Å². The van der Waals surface area contributed by atoms with E-state index in [1.165, 1.54) is 0 Å². The van der Waals surface area contributed by atoms with Gasteiger partial charge in [0.15, 0.2) is 12.4 Å². The Labute approximate surface area is 124 Å². The molecule has 2 aromatic rings. The van der Waals surface area contributed by atoms with Crippen molar-refractivity contribution in [3.05, 3.63) is 35.5 Å². The molecule has 0 saturated heterocycles. The highest BCUT2D eigenvalue weighted by atomic mass is 16.5. The maximum atomic E-state index is 5.78. The summed E-state index contributed by atoms with van der Waals surface area (Å²) in [4.78, 5) is 4.27. The molecule has 6 nitrogen and oxygen atoms in total. The molecule has 0 spiro atoms. The van der Waals surface area contributed by atoms with E-state index in [0.29, 0.717) is 18.3 Å². The summed E-state index contributed by atoms with van der Waals surface area (Å²) in [5, 5.41) is 3.90. The highest BCUT2D eigenvalue weighted by molar-refractivity contribution is 5.41. The Balaban J connectivity index is 2.06. The van der Waals surface area contributed by atoms with Crippen LogP contribution in [-0.4, -0.2) is 23.8 Å². The molecule has 6 heteroatoms. The SMILES string of the molecule is CCCc1noc(COc2cc(OC)ccc2CCN)n1. The van der Waals surface area contributed by atoms with Gasteiger partial charge in [-0.2, -0.15) is 4.98 Å². The van der Waals surface area contributed by atoms with Gasteiger partial charge in [0.25, 0.3) is 5.89 Å². The number of hydrogen-bond acceptors (Lipinski definition) is 6. The number of rotatable bonds is 8. The predicted molar refractivity (Wildman–Crippen MR) is 78.4 cm³/mol. The molecule has 0 fully saturated rings. The number of nitrogens with two attached hydrogens (primary N) is 1. The van der Waals surface area contributed by atoms with E-state index in [2.05, 4.69) is 17.1 Å². The monoisotopic (exact) mass is 291 g/mol.